The van der Waals surface area contributed by atoms with Crippen LogP contribution in [0.15, 0.2) is 24.3 Å². The van der Waals surface area contributed by atoms with Gasteiger partial charge in [-0.25, -0.2) is 4.39 Å². The summed E-state index contributed by atoms with van der Waals surface area (Å²) in [6.45, 7) is 0.772. The first-order chi connectivity index (χ1) is 7.25. The molecule has 1 aliphatic carbocycles. The van der Waals surface area contributed by atoms with E-state index >= 15 is 0 Å². The Morgan fingerprint density at radius 2 is 2.00 bits per heavy atom. The SMILES string of the molecule is Fc1ccc(CNC2CCCC2Cl)cc1. The minimum atomic E-state index is -0.185. The van der Waals surface area contributed by atoms with Crippen molar-refractivity contribution in [1.29, 1.82) is 0 Å². The fourth-order valence-electron chi connectivity index (χ4n) is 2.00. The van der Waals surface area contributed by atoms with Crippen LogP contribution in [0.3, 0.4) is 0 Å². The highest BCUT2D eigenvalue weighted by molar-refractivity contribution is 6.21. The van der Waals surface area contributed by atoms with Gasteiger partial charge in [-0.05, 0) is 30.5 Å². The van der Waals surface area contributed by atoms with Gasteiger partial charge in [0.2, 0.25) is 0 Å². The lowest BCUT2D eigenvalue weighted by molar-refractivity contribution is 0.528. The van der Waals surface area contributed by atoms with Crippen molar-refractivity contribution in [1.82, 2.24) is 5.32 Å². The normalized spacial score (nSPS) is 25.7. The van der Waals surface area contributed by atoms with Gasteiger partial charge in [0, 0.05) is 18.0 Å². The number of benzene rings is 1. The number of hydrogen-bond donors (Lipinski definition) is 1. The lowest BCUT2D eigenvalue weighted by atomic mass is 10.2. The zero-order chi connectivity index (χ0) is 10.7. The van der Waals surface area contributed by atoms with Crippen LogP contribution in [0, 0.1) is 5.82 Å². The Morgan fingerprint density at radius 3 is 2.60 bits per heavy atom. The molecule has 82 valence electrons. The quantitative estimate of drug-likeness (QED) is 0.783. The maximum atomic E-state index is 12.6. The molecule has 0 bridgehead atoms. The Labute approximate surface area is 94.6 Å². The molecule has 1 aliphatic rings. The van der Waals surface area contributed by atoms with Crippen molar-refractivity contribution in [3.05, 3.63) is 35.6 Å². The van der Waals surface area contributed by atoms with Crippen molar-refractivity contribution in [2.45, 2.75) is 37.2 Å². The largest absolute Gasteiger partial charge is 0.308 e. The molecule has 2 atom stereocenters. The van der Waals surface area contributed by atoms with Gasteiger partial charge in [-0.15, -0.1) is 11.6 Å². The summed E-state index contributed by atoms with van der Waals surface area (Å²) in [6.07, 6.45) is 3.45. The van der Waals surface area contributed by atoms with Gasteiger partial charge in [-0.3, -0.25) is 0 Å². The van der Waals surface area contributed by atoms with Crippen LogP contribution < -0.4 is 5.32 Å². The molecule has 1 nitrogen and oxygen atoms in total. The van der Waals surface area contributed by atoms with Crippen LogP contribution in [0.2, 0.25) is 0 Å². The second-order valence-electron chi connectivity index (χ2n) is 4.06. The first-order valence-electron chi connectivity index (χ1n) is 5.37. The molecule has 0 heterocycles. The van der Waals surface area contributed by atoms with Gasteiger partial charge in [0.1, 0.15) is 5.82 Å². The molecule has 0 saturated heterocycles. The molecule has 2 unspecified atom stereocenters. The molecule has 1 aromatic carbocycles. The predicted molar refractivity (Wildman–Crippen MR) is 60.5 cm³/mol. The third-order valence-electron chi connectivity index (χ3n) is 2.91. The van der Waals surface area contributed by atoms with Crippen LogP contribution in [0.4, 0.5) is 4.39 Å². The topological polar surface area (TPSA) is 12.0 Å². The molecule has 15 heavy (non-hydrogen) atoms. The van der Waals surface area contributed by atoms with E-state index in [-0.39, 0.29) is 11.2 Å². The van der Waals surface area contributed by atoms with Crippen molar-refractivity contribution in [3.8, 4) is 0 Å². The van der Waals surface area contributed by atoms with Gasteiger partial charge in [0.25, 0.3) is 0 Å². The zero-order valence-electron chi connectivity index (χ0n) is 8.55. The van der Waals surface area contributed by atoms with E-state index in [4.69, 9.17) is 11.6 Å². The van der Waals surface area contributed by atoms with Crippen LogP contribution in [0.25, 0.3) is 0 Å². The highest BCUT2D eigenvalue weighted by Crippen LogP contribution is 2.24. The fourth-order valence-corrected chi connectivity index (χ4v) is 2.37. The standard InChI is InChI=1S/C12H15ClFN/c13-11-2-1-3-12(11)15-8-9-4-6-10(14)7-5-9/h4-7,11-12,15H,1-3,8H2. The van der Waals surface area contributed by atoms with E-state index in [1.54, 1.807) is 12.1 Å². The highest BCUT2D eigenvalue weighted by atomic mass is 35.5. The summed E-state index contributed by atoms with van der Waals surface area (Å²) in [5.41, 5.74) is 1.10. The van der Waals surface area contributed by atoms with Gasteiger partial charge < -0.3 is 5.32 Å². The summed E-state index contributed by atoms with van der Waals surface area (Å²) in [7, 11) is 0. The van der Waals surface area contributed by atoms with Gasteiger partial charge >= 0.3 is 0 Å². The molecule has 0 aromatic heterocycles. The maximum absolute atomic E-state index is 12.6. The first-order valence-corrected chi connectivity index (χ1v) is 5.81. The molecule has 0 radical (unpaired) electrons. The smallest absolute Gasteiger partial charge is 0.123 e. The minimum absolute atomic E-state index is 0.185. The predicted octanol–water partition coefficient (Wildman–Crippen LogP) is 3.08. The Kier molecular flexibility index (Phi) is 3.60. The van der Waals surface area contributed by atoms with Crippen molar-refractivity contribution in [2.24, 2.45) is 0 Å². The molecular weight excluding hydrogens is 213 g/mol. The molecule has 0 amide bonds. The molecule has 1 aromatic rings. The number of rotatable bonds is 3. The van der Waals surface area contributed by atoms with E-state index in [0.717, 1.165) is 24.9 Å². The molecule has 3 heteroatoms. The van der Waals surface area contributed by atoms with Crippen molar-refractivity contribution in [3.63, 3.8) is 0 Å². The number of alkyl halides is 1. The molecule has 0 spiro atoms. The van der Waals surface area contributed by atoms with Gasteiger partial charge in [-0.1, -0.05) is 18.6 Å². The first kappa shape index (κ1) is 10.9. The molecule has 1 N–H and O–H groups in total. The Bertz CT molecular complexity index is 312. The monoisotopic (exact) mass is 227 g/mol. The summed E-state index contributed by atoms with van der Waals surface area (Å²) in [5.74, 6) is -0.185. The van der Waals surface area contributed by atoms with Crippen molar-refractivity contribution >= 4 is 11.6 Å². The summed E-state index contributed by atoms with van der Waals surface area (Å²) in [6, 6.07) is 7.01. The Hall–Kier alpha value is -0.600. The van der Waals surface area contributed by atoms with E-state index in [1.165, 1.54) is 18.6 Å². The number of halogens is 2. The van der Waals surface area contributed by atoms with Gasteiger partial charge in [0.05, 0.1) is 0 Å². The van der Waals surface area contributed by atoms with E-state index in [9.17, 15) is 4.39 Å². The summed E-state index contributed by atoms with van der Waals surface area (Å²) in [4.78, 5) is 0. The van der Waals surface area contributed by atoms with Crippen LogP contribution in [-0.4, -0.2) is 11.4 Å². The second kappa shape index (κ2) is 4.95. The maximum Gasteiger partial charge on any atom is 0.123 e. The van der Waals surface area contributed by atoms with Gasteiger partial charge in [0.15, 0.2) is 0 Å². The highest BCUT2D eigenvalue weighted by Gasteiger charge is 2.24. The zero-order valence-corrected chi connectivity index (χ0v) is 9.30. The van der Waals surface area contributed by atoms with Crippen LogP contribution in [-0.2, 0) is 6.54 Å². The molecule has 1 saturated carbocycles. The average molecular weight is 228 g/mol. The van der Waals surface area contributed by atoms with Crippen LogP contribution in [0.5, 0.6) is 0 Å². The average Bonchev–Trinajstić information content (AvgIpc) is 2.63. The Morgan fingerprint density at radius 1 is 1.27 bits per heavy atom. The second-order valence-corrected chi connectivity index (χ2v) is 4.62. The summed E-state index contributed by atoms with van der Waals surface area (Å²) < 4.78 is 12.6. The van der Waals surface area contributed by atoms with Crippen LogP contribution >= 0.6 is 11.6 Å². The lowest BCUT2D eigenvalue weighted by Gasteiger charge is -2.15. The van der Waals surface area contributed by atoms with Gasteiger partial charge in [-0.2, -0.15) is 0 Å². The molecular formula is C12H15ClFN. The summed E-state index contributed by atoms with van der Waals surface area (Å²) >= 11 is 6.15. The number of nitrogens with one attached hydrogen (secondary N) is 1. The third-order valence-corrected chi connectivity index (χ3v) is 3.44. The lowest BCUT2D eigenvalue weighted by Crippen LogP contribution is -2.32. The molecule has 2 rings (SSSR count). The van der Waals surface area contributed by atoms with Crippen LogP contribution in [0.1, 0.15) is 24.8 Å². The molecule has 1 fully saturated rings. The minimum Gasteiger partial charge on any atom is -0.308 e. The van der Waals surface area contributed by atoms with E-state index < -0.39 is 0 Å². The van der Waals surface area contributed by atoms with E-state index in [1.807, 2.05) is 0 Å². The third kappa shape index (κ3) is 2.93. The number of hydrogen-bond acceptors (Lipinski definition) is 1. The van der Waals surface area contributed by atoms with E-state index in [0.29, 0.717) is 6.04 Å². The summed E-state index contributed by atoms with van der Waals surface area (Å²) in [5, 5.41) is 3.67. The Balaban J connectivity index is 1.85. The van der Waals surface area contributed by atoms with Crippen molar-refractivity contribution < 1.29 is 4.39 Å². The molecule has 0 aliphatic heterocycles. The van der Waals surface area contributed by atoms with E-state index in [2.05, 4.69) is 5.32 Å². The van der Waals surface area contributed by atoms with Crippen molar-refractivity contribution in [2.75, 3.05) is 0 Å². The fraction of sp³-hybridized carbons (Fsp3) is 0.500.